The standard InChI is InChI=1S/C23H26N2O2/c1-16-5-8-20-19(14-16)7-6-18-4-3-11-24-23(18)22(20)17-9-12-25(13-10-17)21(26)15-27-2/h3-5,8,11,14H,6-7,9-10,12-13,15H2,1-2H3. The second-order valence-electron chi connectivity index (χ2n) is 7.46. The first kappa shape index (κ1) is 17.9. The van der Waals surface area contributed by atoms with E-state index < -0.39 is 0 Å². The number of rotatable bonds is 2. The maximum Gasteiger partial charge on any atom is 0.248 e. The maximum absolute atomic E-state index is 12.1. The molecular formula is C23H26N2O2. The van der Waals surface area contributed by atoms with E-state index in [9.17, 15) is 4.79 Å². The molecule has 140 valence electrons. The minimum absolute atomic E-state index is 0.0805. The smallest absolute Gasteiger partial charge is 0.248 e. The largest absolute Gasteiger partial charge is 0.375 e. The average molecular weight is 362 g/mol. The molecule has 0 saturated carbocycles. The Morgan fingerprint density at radius 1 is 1.11 bits per heavy atom. The number of hydrogen-bond donors (Lipinski definition) is 0. The van der Waals surface area contributed by atoms with E-state index in [1.807, 2.05) is 17.2 Å². The van der Waals surface area contributed by atoms with Gasteiger partial charge < -0.3 is 9.64 Å². The van der Waals surface area contributed by atoms with Crippen molar-refractivity contribution in [1.29, 1.82) is 0 Å². The van der Waals surface area contributed by atoms with E-state index in [-0.39, 0.29) is 12.5 Å². The van der Waals surface area contributed by atoms with Crippen molar-refractivity contribution in [3.63, 3.8) is 0 Å². The lowest BCUT2D eigenvalue weighted by Crippen LogP contribution is -2.38. The zero-order chi connectivity index (χ0) is 18.8. The highest BCUT2D eigenvalue weighted by Crippen LogP contribution is 2.37. The molecule has 0 unspecified atom stereocenters. The summed E-state index contributed by atoms with van der Waals surface area (Å²) in [6.07, 6.45) is 5.76. The second kappa shape index (κ2) is 7.65. The Morgan fingerprint density at radius 2 is 1.89 bits per heavy atom. The van der Waals surface area contributed by atoms with Gasteiger partial charge in [0.05, 0.1) is 5.69 Å². The number of fused-ring (bicyclic) bond motifs is 2. The summed E-state index contributed by atoms with van der Waals surface area (Å²) in [5.74, 6) is 0.0805. The van der Waals surface area contributed by atoms with Gasteiger partial charge in [-0.3, -0.25) is 9.78 Å². The molecule has 27 heavy (non-hydrogen) atoms. The van der Waals surface area contributed by atoms with Gasteiger partial charge >= 0.3 is 0 Å². The van der Waals surface area contributed by atoms with Crippen LogP contribution < -0.4 is 0 Å². The van der Waals surface area contributed by atoms with Gasteiger partial charge in [0.15, 0.2) is 0 Å². The zero-order valence-electron chi connectivity index (χ0n) is 16.1. The lowest BCUT2D eigenvalue weighted by molar-refractivity contribution is -0.135. The number of carbonyl (C=O) groups is 1. The molecule has 2 aliphatic rings. The molecule has 0 bridgehead atoms. The van der Waals surface area contributed by atoms with Crippen LogP contribution in [0.5, 0.6) is 0 Å². The van der Waals surface area contributed by atoms with Crippen molar-refractivity contribution in [2.24, 2.45) is 0 Å². The Hall–Kier alpha value is -2.46. The monoisotopic (exact) mass is 362 g/mol. The van der Waals surface area contributed by atoms with E-state index in [1.165, 1.54) is 33.4 Å². The molecule has 1 amide bonds. The average Bonchev–Trinajstić information content (AvgIpc) is 2.85. The Morgan fingerprint density at radius 3 is 2.67 bits per heavy atom. The van der Waals surface area contributed by atoms with Crippen molar-refractivity contribution in [1.82, 2.24) is 9.88 Å². The number of aromatic nitrogens is 1. The number of pyridine rings is 1. The SMILES string of the molecule is COCC(=O)N1CCC(=C2c3ccc(C)cc3CCc3cccnc32)CC1. The Bertz CT molecular complexity index is 891. The van der Waals surface area contributed by atoms with Gasteiger partial charge in [-0.1, -0.05) is 35.4 Å². The number of nitrogens with zero attached hydrogens (tertiary/aromatic N) is 2. The number of ether oxygens (including phenoxy) is 1. The molecule has 1 aromatic carbocycles. The topological polar surface area (TPSA) is 42.4 Å². The van der Waals surface area contributed by atoms with E-state index >= 15 is 0 Å². The Labute approximate surface area is 160 Å². The molecule has 1 saturated heterocycles. The summed E-state index contributed by atoms with van der Waals surface area (Å²) in [7, 11) is 1.57. The van der Waals surface area contributed by atoms with Crippen LogP contribution in [-0.2, 0) is 22.4 Å². The van der Waals surface area contributed by atoms with Gasteiger partial charge in [-0.2, -0.15) is 0 Å². The van der Waals surface area contributed by atoms with E-state index in [1.54, 1.807) is 7.11 Å². The van der Waals surface area contributed by atoms with Crippen molar-refractivity contribution in [2.45, 2.75) is 32.6 Å². The van der Waals surface area contributed by atoms with Crippen molar-refractivity contribution in [3.8, 4) is 0 Å². The molecule has 0 spiro atoms. The molecule has 1 aliphatic heterocycles. The number of hydrogen-bond acceptors (Lipinski definition) is 3. The fourth-order valence-electron chi connectivity index (χ4n) is 4.28. The molecule has 1 aromatic heterocycles. The highest BCUT2D eigenvalue weighted by molar-refractivity contribution is 5.85. The molecule has 0 N–H and O–H groups in total. The zero-order valence-corrected chi connectivity index (χ0v) is 16.1. The fourth-order valence-corrected chi connectivity index (χ4v) is 4.28. The molecule has 0 radical (unpaired) electrons. The highest BCUT2D eigenvalue weighted by Gasteiger charge is 2.26. The first-order valence-corrected chi connectivity index (χ1v) is 9.70. The van der Waals surface area contributed by atoms with Crippen LogP contribution in [0.4, 0.5) is 0 Å². The molecule has 2 aromatic rings. The van der Waals surface area contributed by atoms with E-state index in [0.717, 1.165) is 44.5 Å². The van der Waals surface area contributed by atoms with Gasteiger partial charge in [0.25, 0.3) is 0 Å². The molecule has 1 fully saturated rings. The number of methoxy groups -OCH3 is 1. The first-order valence-electron chi connectivity index (χ1n) is 9.70. The van der Waals surface area contributed by atoms with E-state index in [4.69, 9.17) is 9.72 Å². The van der Waals surface area contributed by atoms with Gasteiger partial charge in [0.1, 0.15) is 6.61 Å². The van der Waals surface area contributed by atoms with Crippen molar-refractivity contribution in [3.05, 3.63) is 70.0 Å². The highest BCUT2D eigenvalue weighted by atomic mass is 16.5. The van der Waals surface area contributed by atoms with Crippen LogP contribution in [0.3, 0.4) is 0 Å². The third kappa shape index (κ3) is 3.54. The second-order valence-corrected chi connectivity index (χ2v) is 7.46. The third-order valence-corrected chi connectivity index (χ3v) is 5.66. The van der Waals surface area contributed by atoms with Crippen molar-refractivity contribution in [2.75, 3.05) is 26.8 Å². The van der Waals surface area contributed by atoms with Crippen LogP contribution in [0.2, 0.25) is 0 Å². The molecule has 0 atom stereocenters. The first-order chi connectivity index (χ1) is 13.2. The van der Waals surface area contributed by atoms with E-state index in [0.29, 0.717) is 0 Å². The summed E-state index contributed by atoms with van der Waals surface area (Å²) in [6.45, 7) is 3.83. The predicted molar refractivity (Wildman–Crippen MR) is 107 cm³/mol. The van der Waals surface area contributed by atoms with Crippen LogP contribution in [0.15, 0.2) is 42.1 Å². The van der Waals surface area contributed by atoms with Crippen LogP contribution >= 0.6 is 0 Å². The van der Waals surface area contributed by atoms with E-state index in [2.05, 4.69) is 31.2 Å². The predicted octanol–water partition coefficient (Wildman–Crippen LogP) is 3.56. The molecule has 1 aliphatic carbocycles. The molecule has 4 heteroatoms. The molecule has 4 nitrogen and oxygen atoms in total. The van der Waals surface area contributed by atoms with Crippen molar-refractivity contribution < 1.29 is 9.53 Å². The van der Waals surface area contributed by atoms with Gasteiger partial charge in [-0.15, -0.1) is 0 Å². The summed E-state index contributed by atoms with van der Waals surface area (Å²) >= 11 is 0. The Kier molecular flexibility index (Phi) is 5.08. The molecule has 4 rings (SSSR count). The van der Waals surface area contributed by atoms with Crippen molar-refractivity contribution >= 4 is 11.5 Å². The number of amides is 1. The van der Waals surface area contributed by atoms with Gasteiger partial charge in [0.2, 0.25) is 5.91 Å². The summed E-state index contributed by atoms with van der Waals surface area (Å²) in [6, 6.07) is 11.0. The van der Waals surface area contributed by atoms with Gasteiger partial charge in [0, 0.05) is 32.0 Å². The number of carbonyl (C=O) groups excluding carboxylic acids is 1. The summed E-state index contributed by atoms with van der Waals surface area (Å²) in [4.78, 5) is 18.8. The number of benzene rings is 1. The molecular weight excluding hydrogens is 336 g/mol. The Balaban J connectivity index is 1.76. The van der Waals surface area contributed by atoms with Gasteiger partial charge in [-0.05, 0) is 55.4 Å². The van der Waals surface area contributed by atoms with Crippen LogP contribution in [-0.4, -0.2) is 42.6 Å². The maximum atomic E-state index is 12.1. The molecule has 2 heterocycles. The number of piperidine rings is 1. The number of aryl methyl sites for hydroxylation is 3. The summed E-state index contributed by atoms with van der Waals surface area (Å²) in [5, 5.41) is 0. The lowest BCUT2D eigenvalue weighted by atomic mass is 9.88. The minimum Gasteiger partial charge on any atom is -0.375 e. The van der Waals surface area contributed by atoms with Crippen LogP contribution in [0.25, 0.3) is 5.57 Å². The minimum atomic E-state index is 0.0805. The fraction of sp³-hybridized carbons (Fsp3) is 0.391. The van der Waals surface area contributed by atoms with Crippen LogP contribution in [0.1, 0.15) is 40.8 Å². The third-order valence-electron chi connectivity index (χ3n) is 5.66. The normalized spacial score (nSPS) is 16.6. The summed E-state index contributed by atoms with van der Waals surface area (Å²) < 4.78 is 5.01. The number of likely N-dealkylation sites (tertiary alicyclic amines) is 1. The quantitative estimate of drug-likeness (QED) is 0.820. The lowest BCUT2D eigenvalue weighted by Gasteiger charge is -2.30. The van der Waals surface area contributed by atoms with Gasteiger partial charge in [-0.25, -0.2) is 0 Å². The van der Waals surface area contributed by atoms with Crippen LogP contribution in [0, 0.1) is 6.92 Å². The summed E-state index contributed by atoms with van der Waals surface area (Å²) in [5.41, 5.74) is 9.22.